The molecule has 0 saturated carbocycles. The molecule has 2 aromatic carbocycles. The van der Waals surface area contributed by atoms with E-state index in [1.54, 1.807) is 18.2 Å². The molecule has 6 nitrogen and oxygen atoms in total. The van der Waals surface area contributed by atoms with Gasteiger partial charge in [0.2, 0.25) is 15.9 Å². The Bertz CT molecular complexity index is 1000. The summed E-state index contributed by atoms with van der Waals surface area (Å²) in [7, 11) is -3.64. The zero-order valence-corrected chi connectivity index (χ0v) is 19.0. The Morgan fingerprint density at radius 3 is 2.50 bits per heavy atom. The van der Waals surface area contributed by atoms with Gasteiger partial charge in [0.05, 0.1) is 11.9 Å². The van der Waals surface area contributed by atoms with Gasteiger partial charge in [-0.15, -0.1) is 0 Å². The number of nitrogens with zero attached hydrogens (tertiary/aromatic N) is 2. The molecule has 162 valence electrons. The van der Waals surface area contributed by atoms with Crippen molar-refractivity contribution in [3.8, 4) is 0 Å². The minimum Gasteiger partial charge on any atom is -0.350 e. The van der Waals surface area contributed by atoms with Gasteiger partial charge >= 0.3 is 0 Å². The first-order chi connectivity index (χ1) is 14.2. The summed E-state index contributed by atoms with van der Waals surface area (Å²) in [5.74, 6) is -0.373. The summed E-state index contributed by atoms with van der Waals surface area (Å²) in [6.07, 6.45) is 3.58. The molecule has 3 rings (SSSR count). The highest BCUT2D eigenvalue weighted by molar-refractivity contribution is 7.92. The summed E-state index contributed by atoms with van der Waals surface area (Å²) in [6, 6.07) is 13.1. The fourth-order valence-corrected chi connectivity index (χ4v) is 4.58. The van der Waals surface area contributed by atoms with Crippen molar-refractivity contribution in [1.29, 1.82) is 0 Å². The Kier molecular flexibility index (Phi) is 7.39. The van der Waals surface area contributed by atoms with Crippen LogP contribution in [0, 0.1) is 6.92 Å². The van der Waals surface area contributed by atoms with Crippen LogP contribution in [0.5, 0.6) is 0 Å². The summed E-state index contributed by atoms with van der Waals surface area (Å²) in [6.45, 7) is 5.06. The number of likely N-dealkylation sites (tertiary alicyclic amines) is 1. The monoisotopic (exact) mass is 449 g/mol. The molecule has 2 aromatic rings. The average Bonchev–Trinajstić information content (AvgIpc) is 3.19. The highest BCUT2D eigenvalue weighted by Gasteiger charge is 2.21. The summed E-state index contributed by atoms with van der Waals surface area (Å²) >= 11 is 6.14. The normalized spacial score (nSPS) is 14.6. The second kappa shape index (κ2) is 9.81. The van der Waals surface area contributed by atoms with Gasteiger partial charge in [-0.2, -0.15) is 0 Å². The maximum absolute atomic E-state index is 12.5. The number of carbonyl (C=O) groups excluding carboxylic acids is 1. The number of nitrogens with one attached hydrogen (secondary N) is 1. The maximum Gasteiger partial charge on any atom is 0.241 e. The number of aryl methyl sites for hydroxylation is 1. The van der Waals surface area contributed by atoms with Crippen LogP contribution in [0.25, 0.3) is 0 Å². The summed E-state index contributed by atoms with van der Waals surface area (Å²) in [4.78, 5) is 14.9. The molecular formula is C22H28ClN3O3S. The predicted octanol–water partition coefficient (Wildman–Crippen LogP) is 3.33. The molecule has 1 aliphatic rings. The molecule has 0 aliphatic carbocycles. The molecule has 0 spiro atoms. The second-order valence-electron chi connectivity index (χ2n) is 7.78. The van der Waals surface area contributed by atoms with Gasteiger partial charge in [0, 0.05) is 18.1 Å². The average molecular weight is 450 g/mol. The van der Waals surface area contributed by atoms with Gasteiger partial charge in [-0.1, -0.05) is 41.9 Å². The molecule has 1 aliphatic heterocycles. The Labute approximate surface area is 183 Å². The zero-order valence-electron chi connectivity index (χ0n) is 17.4. The number of amides is 1. The highest BCUT2D eigenvalue weighted by atomic mass is 35.5. The lowest BCUT2D eigenvalue weighted by molar-refractivity contribution is -0.119. The van der Waals surface area contributed by atoms with Crippen molar-refractivity contribution in [3.63, 3.8) is 0 Å². The first-order valence-electron chi connectivity index (χ1n) is 10.0. The number of hydrogen-bond acceptors (Lipinski definition) is 4. The van der Waals surface area contributed by atoms with Gasteiger partial charge in [0.15, 0.2) is 0 Å². The molecule has 1 saturated heterocycles. The van der Waals surface area contributed by atoms with E-state index in [2.05, 4.69) is 22.3 Å². The van der Waals surface area contributed by atoms with Crippen molar-refractivity contribution >= 4 is 33.2 Å². The molecule has 0 bridgehead atoms. The van der Waals surface area contributed by atoms with Gasteiger partial charge < -0.3 is 5.32 Å². The van der Waals surface area contributed by atoms with Crippen LogP contribution >= 0.6 is 11.6 Å². The van der Waals surface area contributed by atoms with E-state index >= 15 is 0 Å². The number of halogens is 1. The molecule has 1 fully saturated rings. The van der Waals surface area contributed by atoms with Crippen molar-refractivity contribution in [2.75, 3.05) is 30.2 Å². The summed E-state index contributed by atoms with van der Waals surface area (Å²) < 4.78 is 25.6. The molecule has 0 unspecified atom stereocenters. The van der Waals surface area contributed by atoms with Crippen LogP contribution in [0.4, 0.5) is 5.69 Å². The minimum atomic E-state index is -3.64. The molecule has 0 radical (unpaired) electrons. The van der Waals surface area contributed by atoms with E-state index < -0.39 is 10.0 Å². The SMILES string of the molecule is Cc1ccc(N(CC(=O)NCc2cccc(CN3CCCC3)c2)S(C)(=O)=O)cc1Cl. The van der Waals surface area contributed by atoms with Gasteiger partial charge in [-0.25, -0.2) is 8.42 Å². The lowest BCUT2D eigenvalue weighted by atomic mass is 10.1. The van der Waals surface area contributed by atoms with Crippen molar-refractivity contribution in [2.45, 2.75) is 32.9 Å². The van der Waals surface area contributed by atoms with Crippen LogP contribution in [0.15, 0.2) is 42.5 Å². The maximum atomic E-state index is 12.5. The van der Waals surface area contributed by atoms with Crippen LogP contribution < -0.4 is 9.62 Å². The summed E-state index contributed by atoms with van der Waals surface area (Å²) in [5, 5.41) is 3.28. The van der Waals surface area contributed by atoms with E-state index in [4.69, 9.17) is 11.6 Å². The van der Waals surface area contributed by atoms with Crippen LogP contribution in [-0.4, -0.2) is 45.1 Å². The number of sulfonamides is 1. The summed E-state index contributed by atoms with van der Waals surface area (Å²) in [5.41, 5.74) is 3.42. The first kappa shape index (κ1) is 22.6. The van der Waals surface area contributed by atoms with E-state index in [1.165, 1.54) is 18.4 Å². The number of anilines is 1. The van der Waals surface area contributed by atoms with Crippen LogP contribution in [0.2, 0.25) is 5.02 Å². The first-order valence-corrected chi connectivity index (χ1v) is 12.3. The highest BCUT2D eigenvalue weighted by Crippen LogP contribution is 2.24. The van der Waals surface area contributed by atoms with Gasteiger partial charge in [-0.05, 0) is 61.7 Å². The number of rotatable bonds is 8. The number of hydrogen-bond donors (Lipinski definition) is 1. The van der Waals surface area contributed by atoms with E-state index in [-0.39, 0.29) is 12.5 Å². The topological polar surface area (TPSA) is 69.7 Å². The molecule has 1 amide bonds. The molecule has 30 heavy (non-hydrogen) atoms. The van der Waals surface area contributed by atoms with Crippen molar-refractivity contribution in [3.05, 3.63) is 64.2 Å². The Morgan fingerprint density at radius 2 is 1.83 bits per heavy atom. The molecule has 1 N–H and O–H groups in total. The fraction of sp³-hybridized carbons (Fsp3) is 0.409. The third-order valence-electron chi connectivity index (χ3n) is 5.22. The molecular weight excluding hydrogens is 422 g/mol. The lowest BCUT2D eigenvalue weighted by Gasteiger charge is -2.22. The molecule has 1 heterocycles. The second-order valence-corrected chi connectivity index (χ2v) is 10.1. The fourth-order valence-electron chi connectivity index (χ4n) is 3.56. The van der Waals surface area contributed by atoms with E-state index in [9.17, 15) is 13.2 Å². The third-order valence-corrected chi connectivity index (χ3v) is 6.76. The van der Waals surface area contributed by atoms with Gasteiger partial charge in [0.25, 0.3) is 0 Å². The third kappa shape index (κ3) is 6.20. The number of carbonyl (C=O) groups is 1. The zero-order chi connectivity index (χ0) is 21.7. The quantitative estimate of drug-likeness (QED) is 0.671. The molecule has 8 heteroatoms. The lowest BCUT2D eigenvalue weighted by Crippen LogP contribution is -2.40. The minimum absolute atomic E-state index is 0.300. The van der Waals surface area contributed by atoms with Crippen molar-refractivity contribution in [2.24, 2.45) is 0 Å². The standard InChI is InChI=1S/C22H28ClN3O3S/c1-17-8-9-20(13-21(17)23)26(30(2,28)29)16-22(27)24-14-18-6-5-7-19(12-18)15-25-10-3-4-11-25/h5-9,12-13H,3-4,10-11,14-16H2,1-2H3,(H,24,27). The molecule has 0 aromatic heterocycles. The predicted molar refractivity (Wildman–Crippen MR) is 121 cm³/mol. The van der Waals surface area contributed by atoms with E-state index in [0.717, 1.165) is 41.3 Å². The van der Waals surface area contributed by atoms with Crippen LogP contribution in [0.3, 0.4) is 0 Å². The smallest absolute Gasteiger partial charge is 0.241 e. The van der Waals surface area contributed by atoms with Crippen molar-refractivity contribution in [1.82, 2.24) is 10.2 Å². The Hall–Kier alpha value is -2.09. The Morgan fingerprint density at radius 1 is 1.13 bits per heavy atom. The van der Waals surface area contributed by atoms with Gasteiger partial charge in [-0.3, -0.25) is 14.0 Å². The van der Waals surface area contributed by atoms with Crippen LogP contribution in [0.1, 0.15) is 29.5 Å². The molecule has 0 atom stereocenters. The van der Waals surface area contributed by atoms with Gasteiger partial charge in [0.1, 0.15) is 6.54 Å². The largest absolute Gasteiger partial charge is 0.350 e. The number of benzene rings is 2. The Balaban J connectivity index is 1.62. The van der Waals surface area contributed by atoms with E-state index in [1.807, 2.05) is 19.1 Å². The van der Waals surface area contributed by atoms with Crippen LogP contribution in [-0.2, 0) is 27.9 Å². The van der Waals surface area contributed by atoms with E-state index in [0.29, 0.717) is 17.3 Å². The van der Waals surface area contributed by atoms with Crippen molar-refractivity contribution < 1.29 is 13.2 Å².